The van der Waals surface area contributed by atoms with Crippen LogP contribution in [0.2, 0.25) is 0 Å². The molecular weight excluding hydrogens is 202 g/mol. The molecule has 1 fully saturated rings. The molecule has 1 aliphatic rings. The SMILES string of the molecule is NC(=O)CCCCC1CCCSS1. The van der Waals surface area contributed by atoms with Gasteiger partial charge in [0.2, 0.25) is 5.91 Å². The highest BCUT2D eigenvalue weighted by atomic mass is 33.1. The normalized spacial score (nSPS) is 22.9. The number of carbonyl (C=O) groups is 1. The second-order valence-corrected chi connectivity index (χ2v) is 6.18. The number of primary amides is 1. The summed E-state index contributed by atoms with van der Waals surface area (Å²) in [6.07, 6.45) is 6.65. The standard InChI is InChI=1S/C9H17NOS2/c10-9(11)6-2-1-4-8-5-3-7-12-13-8/h8H,1-7H2,(H2,10,11). The lowest BCUT2D eigenvalue weighted by atomic mass is 10.1. The monoisotopic (exact) mass is 219 g/mol. The predicted octanol–water partition coefficient (Wildman–Crippen LogP) is 2.58. The van der Waals surface area contributed by atoms with E-state index < -0.39 is 0 Å². The summed E-state index contributed by atoms with van der Waals surface area (Å²) in [5.41, 5.74) is 5.06. The van der Waals surface area contributed by atoms with Crippen molar-refractivity contribution < 1.29 is 4.79 Å². The summed E-state index contributed by atoms with van der Waals surface area (Å²) < 4.78 is 0. The third kappa shape index (κ3) is 5.47. The van der Waals surface area contributed by atoms with Crippen LogP contribution in [0, 0.1) is 0 Å². The zero-order valence-electron chi connectivity index (χ0n) is 7.83. The van der Waals surface area contributed by atoms with E-state index in [1.807, 2.05) is 21.6 Å². The van der Waals surface area contributed by atoms with Crippen molar-refractivity contribution in [2.45, 2.75) is 43.8 Å². The summed E-state index contributed by atoms with van der Waals surface area (Å²) in [6.45, 7) is 0. The molecule has 1 atom stereocenters. The molecule has 0 aromatic rings. The maximum Gasteiger partial charge on any atom is 0.217 e. The van der Waals surface area contributed by atoms with Gasteiger partial charge in [-0.3, -0.25) is 4.79 Å². The molecule has 0 radical (unpaired) electrons. The largest absolute Gasteiger partial charge is 0.370 e. The molecule has 0 aromatic heterocycles. The third-order valence-electron chi connectivity index (χ3n) is 2.16. The highest BCUT2D eigenvalue weighted by Crippen LogP contribution is 2.37. The molecule has 2 nitrogen and oxygen atoms in total. The first-order chi connectivity index (χ1) is 6.29. The van der Waals surface area contributed by atoms with Gasteiger partial charge in [0.25, 0.3) is 0 Å². The van der Waals surface area contributed by atoms with Gasteiger partial charge in [-0.1, -0.05) is 28.0 Å². The van der Waals surface area contributed by atoms with Crippen LogP contribution < -0.4 is 5.73 Å². The summed E-state index contributed by atoms with van der Waals surface area (Å²) in [4.78, 5) is 10.5. The molecule has 1 heterocycles. The van der Waals surface area contributed by atoms with Gasteiger partial charge in [0.05, 0.1) is 0 Å². The average Bonchev–Trinajstić information content (AvgIpc) is 2.14. The van der Waals surface area contributed by atoms with E-state index in [-0.39, 0.29) is 5.91 Å². The smallest absolute Gasteiger partial charge is 0.217 e. The fraction of sp³-hybridized carbons (Fsp3) is 0.889. The zero-order valence-corrected chi connectivity index (χ0v) is 9.46. The first kappa shape index (κ1) is 11.2. The second-order valence-electron chi connectivity index (χ2n) is 3.39. The molecule has 1 rings (SSSR count). The molecule has 0 spiro atoms. The van der Waals surface area contributed by atoms with Gasteiger partial charge < -0.3 is 5.73 Å². The van der Waals surface area contributed by atoms with Crippen molar-refractivity contribution in [3.05, 3.63) is 0 Å². The van der Waals surface area contributed by atoms with Crippen LogP contribution in [0.1, 0.15) is 38.5 Å². The van der Waals surface area contributed by atoms with Crippen molar-refractivity contribution in [2.24, 2.45) is 5.73 Å². The number of hydrogen-bond donors (Lipinski definition) is 1. The van der Waals surface area contributed by atoms with Crippen LogP contribution in [0.4, 0.5) is 0 Å². The van der Waals surface area contributed by atoms with Crippen LogP contribution in [-0.4, -0.2) is 16.9 Å². The first-order valence-corrected chi connectivity index (χ1v) is 7.24. The van der Waals surface area contributed by atoms with Crippen molar-refractivity contribution in [3.8, 4) is 0 Å². The van der Waals surface area contributed by atoms with E-state index >= 15 is 0 Å². The quantitative estimate of drug-likeness (QED) is 0.571. The van der Waals surface area contributed by atoms with Gasteiger partial charge in [-0.15, -0.1) is 0 Å². The highest BCUT2D eigenvalue weighted by molar-refractivity contribution is 8.77. The summed E-state index contributed by atoms with van der Waals surface area (Å²) in [5.74, 6) is 1.15. The topological polar surface area (TPSA) is 43.1 Å². The van der Waals surface area contributed by atoms with E-state index in [9.17, 15) is 4.79 Å². The van der Waals surface area contributed by atoms with E-state index in [4.69, 9.17) is 5.73 Å². The van der Waals surface area contributed by atoms with E-state index in [0.717, 1.165) is 18.1 Å². The molecule has 0 bridgehead atoms. The molecule has 1 aliphatic heterocycles. The van der Waals surface area contributed by atoms with E-state index in [2.05, 4.69) is 0 Å². The van der Waals surface area contributed by atoms with Crippen LogP contribution in [0.25, 0.3) is 0 Å². The molecule has 1 unspecified atom stereocenters. The Bertz CT molecular complexity index is 158. The highest BCUT2D eigenvalue weighted by Gasteiger charge is 2.13. The van der Waals surface area contributed by atoms with Gasteiger partial charge in [-0.05, 0) is 25.7 Å². The van der Waals surface area contributed by atoms with E-state index in [1.165, 1.54) is 25.0 Å². The molecule has 76 valence electrons. The molecule has 0 aromatic carbocycles. The summed E-state index contributed by atoms with van der Waals surface area (Å²) in [5, 5.41) is 0.826. The van der Waals surface area contributed by atoms with Crippen molar-refractivity contribution in [1.29, 1.82) is 0 Å². The van der Waals surface area contributed by atoms with Crippen molar-refractivity contribution in [2.75, 3.05) is 5.75 Å². The molecular formula is C9H17NOS2. The minimum Gasteiger partial charge on any atom is -0.370 e. The third-order valence-corrected chi connectivity index (χ3v) is 5.22. The Kier molecular flexibility index (Phi) is 5.71. The van der Waals surface area contributed by atoms with Gasteiger partial charge in [0.1, 0.15) is 0 Å². The molecule has 1 amide bonds. The van der Waals surface area contributed by atoms with Crippen molar-refractivity contribution in [3.63, 3.8) is 0 Å². The van der Waals surface area contributed by atoms with Crippen molar-refractivity contribution in [1.82, 2.24) is 0 Å². The Hall–Kier alpha value is 0.170. The summed E-state index contributed by atoms with van der Waals surface area (Å²) in [7, 11) is 4.01. The van der Waals surface area contributed by atoms with E-state index in [1.54, 1.807) is 0 Å². The van der Waals surface area contributed by atoms with Crippen LogP contribution in [0.15, 0.2) is 0 Å². The number of amides is 1. The van der Waals surface area contributed by atoms with Crippen molar-refractivity contribution >= 4 is 27.5 Å². The Morgan fingerprint density at radius 3 is 2.92 bits per heavy atom. The van der Waals surface area contributed by atoms with Crippen LogP contribution in [-0.2, 0) is 4.79 Å². The molecule has 0 saturated carbocycles. The second kappa shape index (κ2) is 6.60. The number of carbonyl (C=O) groups excluding carboxylic acids is 1. The van der Waals surface area contributed by atoms with Gasteiger partial charge in [-0.2, -0.15) is 0 Å². The number of nitrogens with two attached hydrogens (primary N) is 1. The minimum absolute atomic E-state index is 0.161. The Morgan fingerprint density at radius 2 is 2.31 bits per heavy atom. The number of rotatable bonds is 5. The maximum atomic E-state index is 10.5. The van der Waals surface area contributed by atoms with Gasteiger partial charge in [-0.25, -0.2) is 0 Å². The predicted molar refractivity (Wildman–Crippen MR) is 60.7 cm³/mol. The zero-order chi connectivity index (χ0) is 9.52. The Balaban J connectivity index is 1.95. The molecule has 2 N–H and O–H groups in total. The lowest BCUT2D eigenvalue weighted by Gasteiger charge is -2.19. The van der Waals surface area contributed by atoms with E-state index in [0.29, 0.717) is 6.42 Å². The van der Waals surface area contributed by atoms with Crippen LogP contribution in [0.3, 0.4) is 0 Å². The summed E-state index contributed by atoms with van der Waals surface area (Å²) >= 11 is 0. The maximum absolute atomic E-state index is 10.5. The molecule has 13 heavy (non-hydrogen) atoms. The van der Waals surface area contributed by atoms with Gasteiger partial charge >= 0.3 is 0 Å². The lowest BCUT2D eigenvalue weighted by molar-refractivity contribution is -0.118. The minimum atomic E-state index is -0.161. The first-order valence-electron chi connectivity index (χ1n) is 4.85. The fourth-order valence-electron chi connectivity index (χ4n) is 1.43. The molecule has 1 saturated heterocycles. The van der Waals surface area contributed by atoms with Crippen LogP contribution in [0.5, 0.6) is 0 Å². The molecule has 4 heteroatoms. The Labute approximate surface area is 87.8 Å². The fourth-order valence-corrected chi connectivity index (χ4v) is 4.32. The molecule has 0 aliphatic carbocycles. The van der Waals surface area contributed by atoms with Gasteiger partial charge in [0.15, 0.2) is 0 Å². The number of hydrogen-bond acceptors (Lipinski definition) is 3. The average molecular weight is 219 g/mol. The van der Waals surface area contributed by atoms with Gasteiger partial charge in [0, 0.05) is 17.4 Å². The lowest BCUT2D eigenvalue weighted by Crippen LogP contribution is -2.10. The summed E-state index contributed by atoms with van der Waals surface area (Å²) in [6, 6.07) is 0. The number of unbranched alkanes of at least 4 members (excludes halogenated alkanes) is 1. The van der Waals surface area contributed by atoms with Crippen LogP contribution >= 0.6 is 21.6 Å². The Morgan fingerprint density at radius 1 is 1.46 bits per heavy atom.